The zero-order valence-corrected chi connectivity index (χ0v) is 10.4. The molecule has 1 heterocycles. The van der Waals surface area contributed by atoms with Gasteiger partial charge in [-0.25, -0.2) is 0 Å². The lowest BCUT2D eigenvalue weighted by Crippen LogP contribution is -2.41. The maximum Gasteiger partial charge on any atom is 0.0459 e. The van der Waals surface area contributed by atoms with Crippen LogP contribution < -0.4 is 5.73 Å². The quantitative estimate of drug-likeness (QED) is 0.803. The minimum atomic E-state index is 0.226. The zero-order valence-electron chi connectivity index (χ0n) is 10.4. The third-order valence-corrected chi connectivity index (χ3v) is 4.37. The monoisotopic (exact) mass is 230 g/mol. The highest BCUT2D eigenvalue weighted by molar-refractivity contribution is 5.36. The van der Waals surface area contributed by atoms with Crippen LogP contribution in [0.1, 0.15) is 42.9 Å². The molecule has 2 N–H and O–H groups in total. The SMILES string of the molecule is NC1c2ccccc2CC1N1CCCCCC1. The number of rotatable bonds is 1. The number of fused-ring (bicyclic) bond motifs is 1. The second-order valence-electron chi connectivity index (χ2n) is 5.45. The Kier molecular flexibility index (Phi) is 3.17. The van der Waals surface area contributed by atoms with E-state index >= 15 is 0 Å². The predicted molar refractivity (Wildman–Crippen MR) is 70.9 cm³/mol. The van der Waals surface area contributed by atoms with E-state index in [1.807, 2.05) is 0 Å². The highest BCUT2D eigenvalue weighted by Gasteiger charge is 2.33. The average Bonchev–Trinajstić information content (AvgIpc) is 2.57. The van der Waals surface area contributed by atoms with Gasteiger partial charge in [-0.3, -0.25) is 4.90 Å². The Morgan fingerprint density at radius 1 is 1.00 bits per heavy atom. The Morgan fingerprint density at radius 3 is 2.41 bits per heavy atom. The van der Waals surface area contributed by atoms with Crippen LogP contribution in [-0.2, 0) is 6.42 Å². The van der Waals surface area contributed by atoms with E-state index in [1.54, 1.807) is 0 Å². The Balaban J connectivity index is 1.78. The van der Waals surface area contributed by atoms with Gasteiger partial charge in [0.15, 0.2) is 0 Å². The van der Waals surface area contributed by atoms with E-state index in [0.29, 0.717) is 6.04 Å². The Hall–Kier alpha value is -0.860. The van der Waals surface area contributed by atoms with Crippen molar-refractivity contribution < 1.29 is 0 Å². The maximum absolute atomic E-state index is 6.43. The molecule has 2 unspecified atom stereocenters. The first-order chi connectivity index (χ1) is 8.36. The average molecular weight is 230 g/mol. The van der Waals surface area contributed by atoms with Crippen molar-refractivity contribution in [1.29, 1.82) is 0 Å². The molecule has 0 bridgehead atoms. The molecule has 0 amide bonds. The Bertz CT molecular complexity index is 380. The van der Waals surface area contributed by atoms with Crippen molar-refractivity contribution in [3.63, 3.8) is 0 Å². The van der Waals surface area contributed by atoms with E-state index in [-0.39, 0.29) is 6.04 Å². The first-order valence-electron chi connectivity index (χ1n) is 6.94. The van der Waals surface area contributed by atoms with Crippen LogP contribution in [0.2, 0.25) is 0 Å². The largest absolute Gasteiger partial charge is 0.323 e. The molecule has 1 aliphatic heterocycles. The molecule has 0 spiro atoms. The first kappa shape index (κ1) is 11.2. The van der Waals surface area contributed by atoms with E-state index in [0.717, 1.165) is 6.42 Å². The number of benzene rings is 1. The van der Waals surface area contributed by atoms with Crippen molar-refractivity contribution in [2.24, 2.45) is 5.73 Å². The fourth-order valence-corrected chi connectivity index (χ4v) is 3.39. The summed E-state index contributed by atoms with van der Waals surface area (Å²) < 4.78 is 0. The summed E-state index contributed by atoms with van der Waals surface area (Å²) in [5.74, 6) is 0. The van der Waals surface area contributed by atoms with Gasteiger partial charge in [-0.2, -0.15) is 0 Å². The van der Waals surface area contributed by atoms with Crippen LogP contribution in [0.5, 0.6) is 0 Å². The molecule has 2 aliphatic rings. The topological polar surface area (TPSA) is 29.3 Å². The number of hydrogen-bond donors (Lipinski definition) is 1. The van der Waals surface area contributed by atoms with Gasteiger partial charge in [0, 0.05) is 12.1 Å². The number of likely N-dealkylation sites (tertiary alicyclic amines) is 1. The molecule has 0 aromatic heterocycles. The predicted octanol–water partition coefficient (Wildman–Crippen LogP) is 2.49. The van der Waals surface area contributed by atoms with Gasteiger partial charge < -0.3 is 5.73 Å². The molecule has 1 fully saturated rings. The third kappa shape index (κ3) is 2.12. The number of nitrogens with zero attached hydrogens (tertiary/aromatic N) is 1. The molecule has 2 atom stereocenters. The normalized spacial score (nSPS) is 29.9. The van der Waals surface area contributed by atoms with Crippen molar-refractivity contribution in [2.45, 2.75) is 44.2 Å². The van der Waals surface area contributed by atoms with E-state index in [2.05, 4.69) is 29.2 Å². The minimum absolute atomic E-state index is 0.226. The highest BCUT2D eigenvalue weighted by atomic mass is 15.2. The second kappa shape index (κ2) is 4.79. The number of nitrogens with two attached hydrogens (primary N) is 1. The van der Waals surface area contributed by atoms with Gasteiger partial charge >= 0.3 is 0 Å². The van der Waals surface area contributed by atoms with Crippen molar-refractivity contribution in [3.8, 4) is 0 Å². The van der Waals surface area contributed by atoms with Gasteiger partial charge in [-0.05, 0) is 43.5 Å². The van der Waals surface area contributed by atoms with Gasteiger partial charge in [0.05, 0.1) is 0 Å². The molecule has 1 saturated heterocycles. The maximum atomic E-state index is 6.43. The van der Waals surface area contributed by atoms with E-state index in [4.69, 9.17) is 5.73 Å². The summed E-state index contributed by atoms with van der Waals surface area (Å²) in [5, 5.41) is 0. The van der Waals surface area contributed by atoms with Crippen LogP contribution in [0.25, 0.3) is 0 Å². The van der Waals surface area contributed by atoms with E-state index < -0.39 is 0 Å². The van der Waals surface area contributed by atoms with Gasteiger partial charge in [0.2, 0.25) is 0 Å². The summed E-state index contributed by atoms with van der Waals surface area (Å²) in [6.45, 7) is 2.48. The van der Waals surface area contributed by atoms with Crippen molar-refractivity contribution in [1.82, 2.24) is 4.90 Å². The smallest absolute Gasteiger partial charge is 0.0459 e. The summed E-state index contributed by atoms with van der Waals surface area (Å²) in [4.78, 5) is 2.64. The van der Waals surface area contributed by atoms with Gasteiger partial charge in [-0.15, -0.1) is 0 Å². The molecule has 3 rings (SSSR count). The van der Waals surface area contributed by atoms with Gasteiger partial charge in [0.25, 0.3) is 0 Å². The lowest BCUT2D eigenvalue weighted by Gasteiger charge is -2.30. The van der Waals surface area contributed by atoms with Gasteiger partial charge in [0.1, 0.15) is 0 Å². The molecule has 92 valence electrons. The molecule has 2 nitrogen and oxygen atoms in total. The molecule has 2 heteroatoms. The van der Waals surface area contributed by atoms with Crippen LogP contribution in [0.15, 0.2) is 24.3 Å². The molecular formula is C15H22N2. The molecule has 1 aromatic carbocycles. The summed E-state index contributed by atoms with van der Waals surface area (Å²) in [7, 11) is 0. The van der Waals surface area contributed by atoms with Crippen molar-refractivity contribution in [2.75, 3.05) is 13.1 Å². The van der Waals surface area contributed by atoms with Crippen LogP contribution >= 0.6 is 0 Å². The Morgan fingerprint density at radius 2 is 1.71 bits per heavy atom. The fourth-order valence-electron chi connectivity index (χ4n) is 3.39. The second-order valence-corrected chi connectivity index (χ2v) is 5.45. The van der Waals surface area contributed by atoms with Crippen LogP contribution in [0.3, 0.4) is 0 Å². The third-order valence-electron chi connectivity index (χ3n) is 4.37. The summed E-state index contributed by atoms with van der Waals surface area (Å²) >= 11 is 0. The van der Waals surface area contributed by atoms with E-state index in [1.165, 1.54) is 49.9 Å². The standard InChI is InChI=1S/C15H22N2/c16-15-13-8-4-3-7-12(13)11-14(15)17-9-5-1-2-6-10-17/h3-4,7-8,14-15H,1-2,5-6,9-11,16H2. The molecule has 1 aromatic rings. The molecule has 0 saturated carbocycles. The van der Waals surface area contributed by atoms with Crippen LogP contribution in [0, 0.1) is 0 Å². The molecule has 1 aliphatic carbocycles. The molecule has 0 radical (unpaired) electrons. The summed E-state index contributed by atoms with van der Waals surface area (Å²) in [6.07, 6.45) is 6.63. The van der Waals surface area contributed by atoms with Gasteiger partial charge in [-0.1, -0.05) is 37.1 Å². The lowest BCUT2D eigenvalue weighted by molar-refractivity contribution is 0.187. The number of hydrogen-bond acceptors (Lipinski definition) is 2. The van der Waals surface area contributed by atoms with Crippen molar-refractivity contribution in [3.05, 3.63) is 35.4 Å². The van der Waals surface area contributed by atoms with E-state index in [9.17, 15) is 0 Å². The van der Waals surface area contributed by atoms with Crippen LogP contribution in [-0.4, -0.2) is 24.0 Å². The minimum Gasteiger partial charge on any atom is -0.323 e. The Labute approximate surface area is 104 Å². The molecular weight excluding hydrogens is 208 g/mol. The van der Waals surface area contributed by atoms with Crippen molar-refractivity contribution >= 4 is 0 Å². The first-order valence-corrected chi connectivity index (χ1v) is 6.94. The fraction of sp³-hybridized carbons (Fsp3) is 0.600. The lowest BCUT2D eigenvalue weighted by atomic mass is 10.1. The zero-order chi connectivity index (χ0) is 11.7. The molecule has 17 heavy (non-hydrogen) atoms. The highest BCUT2D eigenvalue weighted by Crippen LogP contribution is 2.33. The summed E-state index contributed by atoms with van der Waals surface area (Å²) in [6, 6.07) is 9.47. The van der Waals surface area contributed by atoms with Crippen LogP contribution in [0.4, 0.5) is 0 Å². The summed E-state index contributed by atoms with van der Waals surface area (Å²) in [5.41, 5.74) is 9.27.